The molecule has 2 aliphatic rings. The van der Waals surface area contributed by atoms with Crippen LogP contribution < -0.4 is 20.7 Å². The molecule has 2 amide bonds. The van der Waals surface area contributed by atoms with E-state index in [1.54, 1.807) is 12.1 Å². The molecule has 8 heteroatoms. The predicted octanol–water partition coefficient (Wildman–Crippen LogP) is 1.70. The first-order valence-corrected chi connectivity index (χ1v) is 8.52. The van der Waals surface area contributed by atoms with E-state index in [0.717, 1.165) is 18.1 Å². The molecule has 2 heterocycles. The number of hydrogen-bond acceptors (Lipinski definition) is 5. The number of benzene rings is 1. The molecule has 1 aromatic carbocycles. The number of rotatable bonds is 3. The van der Waals surface area contributed by atoms with E-state index >= 15 is 0 Å². The summed E-state index contributed by atoms with van der Waals surface area (Å²) in [6.07, 6.45) is 0.401. The number of carbonyl (C=O) groups is 2. The van der Waals surface area contributed by atoms with Crippen molar-refractivity contribution in [3.63, 3.8) is 0 Å². The molecule has 118 valence electrons. The molecule has 1 unspecified atom stereocenters. The van der Waals surface area contributed by atoms with Gasteiger partial charge in [0.2, 0.25) is 5.91 Å². The van der Waals surface area contributed by atoms with Gasteiger partial charge in [-0.3, -0.25) is 9.59 Å². The minimum absolute atomic E-state index is 0.0365. The molecule has 22 heavy (non-hydrogen) atoms. The van der Waals surface area contributed by atoms with Crippen LogP contribution in [0.25, 0.3) is 0 Å². The van der Waals surface area contributed by atoms with Crippen molar-refractivity contribution < 1.29 is 14.3 Å². The van der Waals surface area contributed by atoms with E-state index in [1.165, 1.54) is 0 Å². The van der Waals surface area contributed by atoms with E-state index in [-0.39, 0.29) is 24.5 Å². The average molecular weight is 342 g/mol. The van der Waals surface area contributed by atoms with Crippen LogP contribution in [-0.2, 0) is 9.59 Å². The van der Waals surface area contributed by atoms with Gasteiger partial charge in [0, 0.05) is 36.6 Å². The fourth-order valence-corrected chi connectivity index (χ4v) is 3.53. The lowest BCUT2D eigenvalue weighted by Crippen LogP contribution is -2.39. The minimum atomic E-state index is -0.221. The van der Waals surface area contributed by atoms with Gasteiger partial charge in [-0.15, -0.1) is 0 Å². The van der Waals surface area contributed by atoms with Crippen molar-refractivity contribution in [2.75, 3.05) is 35.3 Å². The van der Waals surface area contributed by atoms with Gasteiger partial charge in [0.05, 0.1) is 16.4 Å². The number of ether oxygens (including phenoxy) is 1. The minimum Gasteiger partial charge on any atom is -0.482 e. The number of carbonyl (C=O) groups excluding carboxylic acids is 2. The van der Waals surface area contributed by atoms with Crippen LogP contribution >= 0.6 is 23.4 Å². The van der Waals surface area contributed by atoms with Crippen LogP contribution in [0.4, 0.5) is 11.4 Å². The molecule has 3 N–H and O–H groups in total. The largest absolute Gasteiger partial charge is 0.482 e. The van der Waals surface area contributed by atoms with E-state index in [9.17, 15) is 9.59 Å². The molecule has 1 aromatic rings. The molecule has 6 nitrogen and oxygen atoms in total. The van der Waals surface area contributed by atoms with Crippen molar-refractivity contribution in [1.82, 2.24) is 5.32 Å². The zero-order valence-corrected chi connectivity index (χ0v) is 13.4. The maximum atomic E-state index is 12.1. The highest BCUT2D eigenvalue weighted by Gasteiger charge is 2.20. The fourth-order valence-electron chi connectivity index (χ4n) is 2.37. The molecule has 1 saturated heterocycles. The molecule has 0 aromatic heterocycles. The molecule has 3 rings (SSSR count). The Kier molecular flexibility index (Phi) is 4.75. The van der Waals surface area contributed by atoms with Gasteiger partial charge in [0.1, 0.15) is 5.75 Å². The molecule has 0 bridgehead atoms. The summed E-state index contributed by atoms with van der Waals surface area (Å²) in [5, 5.41) is 9.16. The smallest absolute Gasteiger partial charge is 0.262 e. The van der Waals surface area contributed by atoms with Gasteiger partial charge in [-0.2, -0.15) is 11.8 Å². The van der Waals surface area contributed by atoms with Crippen molar-refractivity contribution in [1.29, 1.82) is 0 Å². The summed E-state index contributed by atoms with van der Waals surface area (Å²) in [5.41, 5.74) is 1.01. The molecule has 1 fully saturated rings. The topological polar surface area (TPSA) is 79.5 Å². The Balaban J connectivity index is 1.66. The highest BCUT2D eigenvalue weighted by Crippen LogP contribution is 2.36. The van der Waals surface area contributed by atoms with Crippen molar-refractivity contribution >= 4 is 46.6 Å². The highest BCUT2D eigenvalue weighted by atomic mass is 35.5. The second kappa shape index (κ2) is 6.76. The van der Waals surface area contributed by atoms with Crippen molar-refractivity contribution in [3.8, 4) is 5.75 Å². The summed E-state index contributed by atoms with van der Waals surface area (Å²) < 4.78 is 5.33. The monoisotopic (exact) mass is 341 g/mol. The second-order valence-corrected chi connectivity index (χ2v) is 6.70. The Bertz CT molecular complexity index is 605. The Morgan fingerprint density at radius 1 is 1.50 bits per heavy atom. The molecular formula is C14H16ClN3O3S. The van der Waals surface area contributed by atoms with Gasteiger partial charge in [-0.1, -0.05) is 11.6 Å². The van der Waals surface area contributed by atoms with Gasteiger partial charge < -0.3 is 20.7 Å². The quantitative estimate of drug-likeness (QED) is 0.780. The molecule has 0 spiro atoms. The third-order valence-corrected chi connectivity index (χ3v) is 4.85. The summed E-state index contributed by atoms with van der Waals surface area (Å²) in [6.45, 7) is 0.890. The van der Waals surface area contributed by atoms with Crippen LogP contribution in [0.1, 0.15) is 6.42 Å². The fraction of sp³-hybridized carbons (Fsp3) is 0.429. The molecule has 2 aliphatic heterocycles. The maximum absolute atomic E-state index is 12.1. The number of anilines is 2. The lowest BCUT2D eigenvalue weighted by atomic mass is 10.2. The lowest BCUT2D eigenvalue weighted by Gasteiger charge is -2.23. The van der Waals surface area contributed by atoms with E-state index in [4.69, 9.17) is 16.3 Å². The first-order chi connectivity index (χ1) is 10.6. The summed E-state index contributed by atoms with van der Waals surface area (Å²) in [6, 6.07) is 3.40. The molecule has 0 radical (unpaired) electrons. The second-order valence-electron chi connectivity index (χ2n) is 5.14. The van der Waals surface area contributed by atoms with Gasteiger partial charge in [-0.25, -0.2) is 0 Å². The molecule has 0 saturated carbocycles. The molecular weight excluding hydrogens is 326 g/mol. The number of hydrogen-bond donors (Lipinski definition) is 3. The Morgan fingerprint density at radius 3 is 3.14 bits per heavy atom. The average Bonchev–Trinajstić information content (AvgIpc) is 2.49. The number of halogens is 1. The number of fused-ring (bicyclic) bond motifs is 1. The van der Waals surface area contributed by atoms with Gasteiger partial charge >= 0.3 is 0 Å². The summed E-state index contributed by atoms with van der Waals surface area (Å²) in [5.74, 6) is 2.20. The summed E-state index contributed by atoms with van der Waals surface area (Å²) in [7, 11) is 0. The van der Waals surface area contributed by atoms with Crippen molar-refractivity contribution in [3.05, 3.63) is 17.2 Å². The first-order valence-electron chi connectivity index (χ1n) is 6.99. The maximum Gasteiger partial charge on any atom is 0.262 e. The van der Waals surface area contributed by atoms with E-state index in [0.29, 0.717) is 28.6 Å². The van der Waals surface area contributed by atoms with Gasteiger partial charge in [0.25, 0.3) is 5.91 Å². The van der Waals surface area contributed by atoms with Crippen molar-refractivity contribution in [2.24, 2.45) is 0 Å². The molecule has 1 atom stereocenters. The zero-order valence-electron chi connectivity index (χ0n) is 11.8. The van der Waals surface area contributed by atoms with Crippen LogP contribution in [0.5, 0.6) is 5.75 Å². The highest BCUT2D eigenvalue weighted by molar-refractivity contribution is 7.99. The van der Waals surface area contributed by atoms with Gasteiger partial charge in [-0.05, 0) is 6.07 Å². The zero-order chi connectivity index (χ0) is 15.5. The van der Waals surface area contributed by atoms with E-state index in [1.807, 2.05) is 11.8 Å². The van der Waals surface area contributed by atoms with E-state index < -0.39 is 0 Å². The van der Waals surface area contributed by atoms with Crippen LogP contribution in [0.2, 0.25) is 5.02 Å². The standard InChI is InChI=1S/C14H16ClN3O3S/c15-9-4-11-12(21-6-14(20)18-11)5-10(9)17-13(19)3-8-7-22-2-1-16-8/h4-5,8,16H,1-3,6-7H2,(H,17,19)(H,18,20). The third-order valence-electron chi connectivity index (χ3n) is 3.41. The summed E-state index contributed by atoms with van der Waals surface area (Å²) >= 11 is 8.00. The summed E-state index contributed by atoms with van der Waals surface area (Å²) in [4.78, 5) is 23.4. The van der Waals surface area contributed by atoms with E-state index in [2.05, 4.69) is 16.0 Å². The van der Waals surface area contributed by atoms with Crippen LogP contribution in [0, 0.1) is 0 Å². The number of thioether (sulfide) groups is 1. The van der Waals surface area contributed by atoms with Crippen LogP contribution in [0.15, 0.2) is 12.1 Å². The number of nitrogens with one attached hydrogen (secondary N) is 3. The van der Waals surface area contributed by atoms with Crippen LogP contribution in [0.3, 0.4) is 0 Å². The van der Waals surface area contributed by atoms with Gasteiger partial charge in [0.15, 0.2) is 6.61 Å². The van der Waals surface area contributed by atoms with Crippen LogP contribution in [-0.4, -0.2) is 42.5 Å². The predicted molar refractivity (Wildman–Crippen MR) is 87.9 cm³/mol. The Labute approximate surface area is 137 Å². The lowest BCUT2D eigenvalue weighted by molar-refractivity contribution is -0.119. The third kappa shape index (κ3) is 3.66. The van der Waals surface area contributed by atoms with Crippen molar-refractivity contribution in [2.45, 2.75) is 12.5 Å². The Morgan fingerprint density at radius 2 is 2.36 bits per heavy atom. The SMILES string of the molecule is O=C(CC1CSCCN1)Nc1cc2c(cc1Cl)NC(=O)CO2. The Hall–Kier alpha value is -1.44. The number of amides is 2. The first kappa shape index (κ1) is 15.5. The molecule has 0 aliphatic carbocycles. The normalized spacial score (nSPS) is 20.6.